The maximum atomic E-state index is 12.8. The van der Waals surface area contributed by atoms with Gasteiger partial charge in [0, 0.05) is 23.3 Å². The molecule has 2 aromatic rings. The number of aryl methyl sites for hydroxylation is 2. The van der Waals surface area contributed by atoms with Crippen molar-refractivity contribution in [1.29, 1.82) is 0 Å². The van der Waals surface area contributed by atoms with Gasteiger partial charge in [-0.2, -0.15) is 5.10 Å². The van der Waals surface area contributed by atoms with Crippen molar-refractivity contribution in [1.82, 2.24) is 14.7 Å². The summed E-state index contributed by atoms with van der Waals surface area (Å²) in [5.74, 6) is 0.0882. The summed E-state index contributed by atoms with van der Waals surface area (Å²) in [4.78, 5) is 14.7. The minimum atomic E-state index is 0.0882. The van der Waals surface area contributed by atoms with Gasteiger partial charge in [-0.05, 0) is 65.3 Å². The molecule has 4 nitrogen and oxygen atoms in total. The molecule has 1 heterocycles. The van der Waals surface area contributed by atoms with E-state index in [-0.39, 0.29) is 18.0 Å². The van der Waals surface area contributed by atoms with Crippen LogP contribution in [0.4, 0.5) is 0 Å². The number of nitrogens with zero attached hydrogens (tertiary/aromatic N) is 3. The van der Waals surface area contributed by atoms with Crippen molar-refractivity contribution in [2.75, 3.05) is 0 Å². The lowest BCUT2D eigenvalue weighted by Crippen LogP contribution is -2.42. The SMILES string of the molecule is Cc1cc(C)n(Cc2cccc(C(=O)N(C(C)C)C(C)C)c2)n1. The largest absolute Gasteiger partial charge is 0.334 e. The van der Waals surface area contributed by atoms with E-state index in [0.717, 1.165) is 22.5 Å². The van der Waals surface area contributed by atoms with Crippen molar-refractivity contribution < 1.29 is 4.79 Å². The Balaban J connectivity index is 2.25. The Bertz CT molecular complexity index is 678. The van der Waals surface area contributed by atoms with E-state index in [2.05, 4.69) is 38.9 Å². The van der Waals surface area contributed by atoms with Gasteiger partial charge in [0.1, 0.15) is 0 Å². The highest BCUT2D eigenvalue weighted by molar-refractivity contribution is 5.94. The van der Waals surface area contributed by atoms with Crippen LogP contribution in [-0.4, -0.2) is 32.7 Å². The van der Waals surface area contributed by atoms with E-state index < -0.39 is 0 Å². The second-order valence-corrected chi connectivity index (χ2v) is 6.69. The van der Waals surface area contributed by atoms with Crippen molar-refractivity contribution in [2.45, 2.75) is 60.2 Å². The van der Waals surface area contributed by atoms with Gasteiger partial charge in [-0.25, -0.2) is 0 Å². The van der Waals surface area contributed by atoms with Gasteiger partial charge < -0.3 is 4.90 Å². The Labute approximate surface area is 139 Å². The van der Waals surface area contributed by atoms with Gasteiger partial charge in [-0.1, -0.05) is 12.1 Å². The van der Waals surface area contributed by atoms with E-state index in [4.69, 9.17) is 0 Å². The van der Waals surface area contributed by atoms with Gasteiger partial charge in [-0.3, -0.25) is 9.48 Å². The number of carbonyl (C=O) groups is 1. The fourth-order valence-electron chi connectivity index (χ4n) is 3.03. The molecule has 1 amide bonds. The number of hydrogen-bond donors (Lipinski definition) is 0. The van der Waals surface area contributed by atoms with Gasteiger partial charge in [0.05, 0.1) is 12.2 Å². The van der Waals surface area contributed by atoms with Crippen molar-refractivity contribution in [3.63, 3.8) is 0 Å². The zero-order valence-electron chi connectivity index (χ0n) is 15.0. The summed E-state index contributed by atoms with van der Waals surface area (Å²) in [6, 6.07) is 10.3. The van der Waals surface area contributed by atoms with Crippen LogP contribution in [0.25, 0.3) is 0 Å². The smallest absolute Gasteiger partial charge is 0.254 e. The molecule has 0 aliphatic carbocycles. The first-order valence-electron chi connectivity index (χ1n) is 8.22. The summed E-state index contributed by atoms with van der Waals surface area (Å²) in [6.07, 6.45) is 0. The monoisotopic (exact) mass is 313 g/mol. The summed E-state index contributed by atoms with van der Waals surface area (Å²) in [6.45, 7) is 12.9. The Kier molecular flexibility index (Phi) is 5.24. The number of carbonyl (C=O) groups excluding carboxylic acids is 1. The third kappa shape index (κ3) is 4.01. The molecular weight excluding hydrogens is 286 g/mol. The average molecular weight is 313 g/mol. The van der Waals surface area contributed by atoms with Crippen LogP contribution in [0.1, 0.15) is 55.0 Å². The highest BCUT2D eigenvalue weighted by Crippen LogP contribution is 2.15. The van der Waals surface area contributed by atoms with Crippen LogP contribution in [0.2, 0.25) is 0 Å². The molecule has 0 aliphatic rings. The lowest BCUT2D eigenvalue weighted by Gasteiger charge is -2.31. The van der Waals surface area contributed by atoms with E-state index in [9.17, 15) is 4.79 Å². The highest BCUT2D eigenvalue weighted by Gasteiger charge is 2.21. The lowest BCUT2D eigenvalue weighted by molar-refractivity contribution is 0.0643. The minimum absolute atomic E-state index is 0.0882. The van der Waals surface area contributed by atoms with Crippen LogP contribution in [0.5, 0.6) is 0 Å². The number of rotatable bonds is 5. The molecule has 0 saturated heterocycles. The summed E-state index contributed by atoms with van der Waals surface area (Å²) in [7, 11) is 0. The first-order chi connectivity index (χ1) is 10.8. The van der Waals surface area contributed by atoms with Crippen LogP contribution in [0.3, 0.4) is 0 Å². The Morgan fingerprint density at radius 1 is 1.13 bits per heavy atom. The normalized spacial score (nSPS) is 11.3. The summed E-state index contributed by atoms with van der Waals surface area (Å²) in [5.41, 5.74) is 3.98. The second kappa shape index (κ2) is 6.99. The maximum Gasteiger partial charge on any atom is 0.254 e. The highest BCUT2D eigenvalue weighted by atomic mass is 16.2. The van der Waals surface area contributed by atoms with Gasteiger partial charge in [0.15, 0.2) is 0 Å². The first-order valence-corrected chi connectivity index (χ1v) is 8.22. The number of aromatic nitrogens is 2. The van der Waals surface area contributed by atoms with Crippen molar-refractivity contribution in [3.8, 4) is 0 Å². The Morgan fingerprint density at radius 3 is 2.30 bits per heavy atom. The molecule has 1 aromatic carbocycles. The number of hydrogen-bond acceptors (Lipinski definition) is 2. The van der Waals surface area contributed by atoms with E-state index in [1.165, 1.54) is 0 Å². The zero-order valence-corrected chi connectivity index (χ0v) is 15.0. The third-order valence-corrected chi connectivity index (χ3v) is 3.96. The fraction of sp³-hybridized carbons (Fsp3) is 0.474. The molecule has 0 N–H and O–H groups in total. The molecule has 0 bridgehead atoms. The summed E-state index contributed by atoms with van der Waals surface area (Å²) >= 11 is 0. The van der Waals surface area contributed by atoms with Crippen LogP contribution >= 0.6 is 0 Å². The van der Waals surface area contributed by atoms with Crippen LogP contribution in [0.15, 0.2) is 30.3 Å². The van der Waals surface area contributed by atoms with Crippen molar-refractivity contribution >= 4 is 5.91 Å². The van der Waals surface area contributed by atoms with Crippen LogP contribution in [-0.2, 0) is 6.54 Å². The van der Waals surface area contributed by atoms with Crippen LogP contribution < -0.4 is 0 Å². The number of benzene rings is 1. The van der Waals surface area contributed by atoms with Crippen molar-refractivity contribution in [2.24, 2.45) is 0 Å². The maximum absolute atomic E-state index is 12.8. The van der Waals surface area contributed by atoms with E-state index >= 15 is 0 Å². The lowest BCUT2D eigenvalue weighted by atomic mass is 10.1. The van der Waals surface area contributed by atoms with Crippen molar-refractivity contribution in [3.05, 3.63) is 52.8 Å². The predicted molar refractivity (Wildman–Crippen MR) is 93.7 cm³/mol. The molecule has 0 radical (unpaired) electrons. The fourth-order valence-corrected chi connectivity index (χ4v) is 3.03. The molecule has 4 heteroatoms. The summed E-state index contributed by atoms with van der Waals surface area (Å²) in [5, 5.41) is 4.49. The van der Waals surface area contributed by atoms with E-state index in [0.29, 0.717) is 6.54 Å². The average Bonchev–Trinajstić information content (AvgIpc) is 2.76. The predicted octanol–water partition coefficient (Wildman–Crippen LogP) is 3.81. The molecule has 1 aromatic heterocycles. The molecule has 124 valence electrons. The molecule has 23 heavy (non-hydrogen) atoms. The first kappa shape index (κ1) is 17.3. The van der Waals surface area contributed by atoms with Gasteiger partial charge >= 0.3 is 0 Å². The topological polar surface area (TPSA) is 38.1 Å². The molecule has 0 atom stereocenters. The standard InChI is InChI=1S/C19H27N3O/c1-13(2)22(14(3)4)19(23)18-9-7-8-17(11-18)12-21-16(6)10-15(5)20-21/h7-11,13-14H,12H2,1-6H3. The van der Waals surface area contributed by atoms with Gasteiger partial charge in [0.25, 0.3) is 5.91 Å². The third-order valence-electron chi connectivity index (χ3n) is 3.96. The molecule has 2 rings (SSSR count). The molecule has 0 fully saturated rings. The minimum Gasteiger partial charge on any atom is -0.334 e. The Morgan fingerprint density at radius 2 is 1.78 bits per heavy atom. The Hall–Kier alpha value is -2.10. The second-order valence-electron chi connectivity index (χ2n) is 6.69. The zero-order chi connectivity index (χ0) is 17.1. The summed E-state index contributed by atoms with van der Waals surface area (Å²) < 4.78 is 1.97. The van der Waals surface area contributed by atoms with E-state index in [1.807, 2.05) is 47.7 Å². The molecular formula is C19H27N3O. The van der Waals surface area contributed by atoms with Gasteiger partial charge in [-0.15, -0.1) is 0 Å². The number of amides is 1. The molecule has 0 unspecified atom stereocenters. The van der Waals surface area contributed by atoms with Crippen LogP contribution in [0, 0.1) is 13.8 Å². The van der Waals surface area contributed by atoms with Gasteiger partial charge in [0.2, 0.25) is 0 Å². The molecule has 0 aliphatic heterocycles. The molecule has 0 saturated carbocycles. The molecule has 0 spiro atoms. The quantitative estimate of drug-likeness (QED) is 0.842. The van der Waals surface area contributed by atoms with E-state index in [1.54, 1.807) is 0 Å².